The topological polar surface area (TPSA) is 49.4 Å². The monoisotopic (exact) mass is 364 g/mol. The van der Waals surface area contributed by atoms with Crippen LogP contribution in [0, 0.1) is 0 Å². The van der Waals surface area contributed by atoms with Crippen molar-refractivity contribution >= 4 is 11.8 Å². The van der Waals surface area contributed by atoms with Gasteiger partial charge < -0.3 is 10.2 Å². The van der Waals surface area contributed by atoms with Crippen molar-refractivity contribution in [3.63, 3.8) is 0 Å². The summed E-state index contributed by atoms with van der Waals surface area (Å²) in [4.78, 5) is 27.0. The van der Waals surface area contributed by atoms with Gasteiger partial charge in [0.05, 0.1) is 6.04 Å². The van der Waals surface area contributed by atoms with E-state index in [1.807, 2.05) is 53.4 Å². The molecule has 2 aromatic carbocycles. The molecule has 27 heavy (non-hydrogen) atoms. The molecule has 1 saturated carbocycles. The molecule has 1 aliphatic carbocycles. The SMILES string of the molecule is CC(=O)N[C@H]1CCCC[C@@H]1N(CCc1ccccc1)C(=O)c1ccccc1. The zero-order chi connectivity index (χ0) is 19.1. The summed E-state index contributed by atoms with van der Waals surface area (Å²) in [6.45, 7) is 2.21. The Morgan fingerprint density at radius 2 is 1.59 bits per heavy atom. The van der Waals surface area contributed by atoms with Crippen LogP contribution < -0.4 is 5.32 Å². The molecule has 4 heteroatoms. The first-order valence-electron chi connectivity index (χ1n) is 9.82. The normalized spacial score (nSPS) is 19.3. The second-order valence-electron chi connectivity index (χ2n) is 7.26. The van der Waals surface area contributed by atoms with E-state index >= 15 is 0 Å². The molecule has 2 atom stereocenters. The van der Waals surface area contributed by atoms with Gasteiger partial charge in [0.2, 0.25) is 5.91 Å². The fraction of sp³-hybridized carbons (Fsp3) is 0.391. The highest BCUT2D eigenvalue weighted by Crippen LogP contribution is 2.25. The zero-order valence-corrected chi connectivity index (χ0v) is 15.9. The van der Waals surface area contributed by atoms with Gasteiger partial charge in [0.1, 0.15) is 0 Å². The largest absolute Gasteiger partial charge is 0.352 e. The van der Waals surface area contributed by atoms with E-state index in [2.05, 4.69) is 17.4 Å². The van der Waals surface area contributed by atoms with E-state index < -0.39 is 0 Å². The van der Waals surface area contributed by atoms with Crippen LogP contribution in [0.1, 0.15) is 48.5 Å². The Hall–Kier alpha value is -2.62. The third-order valence-electron chi connectivity index (χ3n) is 5.28. The van der Waals surface area contributed by atoms with Gasteiger partial charge in [-0.15, -0.1) is 0 Å². The maximum atomic E-state index is 13.3. The zero-order valence-electron chi connectivity index (χ0n) is 15.9. The molecule has 0 radical (unpaired) electrons. The van der Waals surface area contributed by atoms with Gasteiger partial charge in [-0.2, -0.15) is 0 Å². The molecule has 0 unspecified atom stereocenters. The lowest BCUT2D eigenvalue weighted by Crippen LogP contribution is -2.55. The predicted molar refractivity (Wildman–Crippen MR) is 107 cm³/mol. The van der Waals surface area contributed by atoms with Crippen molar-refractivity contribution < 1.29 is 9.59 Å². The van der Waals surface area contributed by atoms with E-state index in [-0.39, 0.29) is 23.9 Å². The van der Waals surface area contributed by atoms with Crippen molar-refractivity contribution in [3.8, 4) is 0 Å². The molecule has 0 bridgehead atoms. The quantitative estimate of drug-likeness (QED) is 0.847. The lowest BCUT2D eigenvalue weighted by Gasteiger charge is -2.40. The standard InChI is InChI=1S/C23H28N2O2/c1-18(26)24-21-14-8-9-15-22(21)25(17-16-19-10-4-2-5-11-19)23(27)20-12-6-3-7-13-20/h2-7,10-13,21-22H,8-9,14-17H2,1H3,(H,24,26)/t21-,22-/m0/s1. The first-order chi connectivity index (χ1) is 13.1. The molecule has 4 nitrogen and oxygen atoms in total. The molecule has 142 valence electrons. The maximum Gasteiger partial charge on any atom is 0.254 e. The molecule has 1 aliphatic rings. The summed E-state index contributed by atoms with van der Waals surface area (Å²) in [5, 5.41) is 3.08. The Bertz CT molecular complexity index is 745. The fourth-order valence-electron chi connectivity index (χ4n) is 3.97. The Morgan fingerprint density at radius 3 is 2.26 bits per heavy atom. The minimum Gasteiger partial charge on any atom is -0.352 e. The van der Waals surface area contributed by atoms with E-state index in [0.717, 1.165) is 32.1 Å². The Morgan fingerprint density at radius 1 is 0.963 bits per heavy atom. The van der Waals surface area contributed by atoms with Gasteiger partial charge in [-0.1, -0.05) is 61.4 Å². The van der Waals surface area contributed by atoms with E-state index in [1.165, 1.54) is 5.56 Å². The summed E-state index contributed by atoms with van der Waals surface area (Å²) in [5.74, 6) is 0.0239. The fourth-order valence-corrected chi connectivity index (χ4v) is 3.97. The molecule has 0 aromatic heterocycles. The highest BCUT2D eigenvalue weighted by atomic mass is 16.2. The molecule has 2 aromatic rings. The average Bonchev–Trinajstić information content (AvgIpc) is 2.70. The van der Waals surface area contributed by atoms with Crippen LogP contribution in [0.3, 0.4) is 0 Å². The van der Waals surface area contributed by atoms with Crippen LogP contribution in [-0.4, -0.2) is 35.3 Å². The highest BCUT2D eigenvalue weighted by molar-refractivity contribution is 5.94. The summed E-state index contributed by atoms with van der Waals surface area (Å²) < 4.78 is 0. The predicted octanol–water partition coefficient (Wildman–Crippen LogP) is 3.82. The molecule has 1 N–H and O–H groups in total. The highest BCUT2D eigenvalue weighted by Gasteiger charge is 2.33. The Kier molecular flexibility index (Phi) is 6.64. The lowest BCUT2D eigenvalue weighted by molar-refractivity contribution is -0.120. The van der Waals surface area contributed by atoms with Gasteiger partial charge in [0.25, 0.3) is 5.91 Å². The van der Waals surface area contributed by atoms with Crippen LogP contribution in [-0.2, 0) is 11.2 Å². The van der Waals surface area contributed by atoms with Crippen LogP contribution in [0.4, 0.5) is 0 Å². The smallest absolute Gasteiger partial charge is 0.254 e. The first-order valence-corrected chi connectivity index (χ1v) is 9.82. The van der Waals surface area contributed by atoms with Crippen LogP contribution in [0.2, 0.25) is 0 Å². The number of nitrogens with zero attached hydrogens (tertiary/aromatic N) is 1. The number of carbonyl (C=O) groups is 2. The molecule has 0 aliphatic heterocycles. The summed E-state index contributed by atoms with van der Waals surface area (Å²) in [6, 6.07) is 19.8. The summed E-state index contributed by atoms with van der Waals surface area (Å²) in [7, 11) is 0. The van der Waals surface area contributed by atoms with Crippen LogP contribution in [0.15, 0.2) is 60.7 Å². The maximum absolute atomic E-state index is 13.3. The average molecular weight is 364 g/mol. The van der Waals surface area contributed by atoms with E-state index in [9.17, 15) is 9.59 Å². The number of carbonyl (C=O) groups excluding carboxylic acids is 2. The van der Waals surface area contributed by atoms with E-state index in [4.69, 9.17) is 0 Å². The third kappa shape index (κ3) is 5.19. The van der Waals surface area contributed by atoms with E-state index in [1.54, 1.807) is 6.92 Å². The molecule has 0 heterocycles. The number of hydrogen-bond acceptors (Lipinski definition) is 2. The molecule has 1 fully saturated rings. The molecule has 2 amide bonds. The summed E-state index contributed by atoms with van der Waals surface area (Å²) in [6.07, 6.45) is 4.84. The molecular weight excluding hydrogens is 336 g/mol. The van der Waals surface area contributed by atoms with Gasteiger partial charge >= 0.3 is 0 Å². The second-order valence-corrected chi connectivity index (χ2v) is 7.26. The molecule has 0 spiro atoms. The third-order valence-corrected chi connectivity index (χ3v) is 5.28. The summed E-state index contributed by atoms with van der Waals surface area (Å²) in [5.41, 5.74) is 1.92. The van der Waals surface area contributed by atoms with Crippen LogP contribution >= 0.6 is 0 Å². The summed E-state index contributed by atoms with van der Waals surface area (Å²) >= 11 is 0. The number of amides is 2. The van der Waals surface area contributed by atoms with Crippen molar-refractivity contribution in [2.75, 3.05) is 6.54 Å². The van der Waals surface area contributed by atoms with E-state index in [0.29, 0.717) is 12.1 Å². The van der Waals surface area contributed by atoms with Gasteiger partial charge in [0.15, 0.2) is 0 Å². The molecule has 0 saturated heterocycles. The minimum atomic E-state index is -0.0259. The molecular formula is C23H28N2O2. The van der Waals surface area contributed by atoms with Crippen molar-refractivity contribution in [1.82, 2.24) is 10.2 Å². The number of rotatable bonds is 6. The number of nitrogens with one attached hydrogen (secondary N) is 1. The van der Waals surface area contributed by atoms with Crippen molar-refractivity contribution in [1.29, 1.82) is 0 Å². The van der Waals surface area contributed by atoms with Gasteiger partial charge in [-0.05, 0) is 37.0 Å². The second kappa shape index (κ2) is 9.36. The lowest BCUT2D eigenvalue weighted by atomic mass is 9.88. The Labute approximate surface area is 161 Å². The first kappa shape index (κ1) is 19.2. The van der Waals surface area contributed by atoms with Crippen LogP contribution in [0.5, 0.6) is 0 Å². The number of hydrogen-bond donors (Lipinski definition) is 1. The van der Waals surface area contributed by atoms with Crippen LogP contribution in [0.25, 0.3) is 0 Å². The number of benzene rings is 2. The Balaban J connectivity index is 1.83. The van der Waals surface area contributed by atoms with Gasteiger partial charge in [-0.3, -0.25) is 9.59 Å². The van der Waals surface area contributed by atoms with Crippen molar-refractivity contribution in [2.24, 2.45) is 0 Å². The minimum absolute atomic E-state index is 0.0259. The van der Waals surface area contributed by atoms with Gasteiger partial charge in [0, 0.05) is 25.1 Å². The van der Waals surface area contributed by atoms with Crippen molar-refractivity contribution in [2.45, 2.75) is 51.1 Å². The molecule has 3 rings (SSSR count). The van der Waals surface area contributed by atoms with Crippen molar-refractivity contribution in [3.05, 3.63) is 71.8 Å². The van der Waals surface area contributed by atoms with Gasteiger partial charge in [-0.25, -0.2) is 0 Å².